The minimum absolute atomic E-state index is 0.196. The van der Waals surface area contributed by atoms with E-state index >= 15 is 0 Å². The number of aryl methyl sites for hydroxylation is 1. The van der Waals surface area contributed by atoms with E-state index in [9.17, 15) is 4.79 Å². The molecule has 1 heterocycles. The molecule has 0 unspecified atom stereocenters. The van der Waals surface area contributed by atoms with E-state index in [2.05, 4.69) is 55.4 Å². The van der Waals surface area contributed by atoms with Gasteiger partial charge in [0.1, 0.15) is 0 Å². The number of carbonyl (C=O) groups is 1. The number of rotatable bonds is 14. The number of nitrogens with one attached hydrogen (secondary N) is 1. The van der Waals surface area contributed by atoms with Crippen molar-refractivity contribution in [3.63, 3.8) is 0 Å². The molecule has 0 fully saturated rings. The number of esters is 1. The Morgan fingerprint density at radius 2 is 1.69 bits per heavy atom. The molecular formula is C25H38N2O2. The van der Waals surface area contributed by atoms with Crippen molar-refractivity contribution in [3.05, 3.63) is 65.0 Å². The van der Waals surface area contributed by atoms with Crippen LogP contribution in [-0.2, 0) is 16.0 Å². The quantitative estimate of drug-likeness (QED) is 0.253. The topological polar surface area (TPSA) is 51.2 Å². The first-order chi connectivity index (χ1) is 14.0. The SMILES string of the molecule is CCOC(=O)CNCC=C(C)CCC=C(C)CCC=C(C)CCc1cccnc1. The van der Waals surface area contributed by atoms with Gasteiger partial charge in [-0.3, -0.25) is 9.78 Å². The molecule has 4 heteroatoms. The lowest BCUT2D eigenvalue weighted by atomic mass is 10.0. The highest BCUT2D eigenvalue weighted by Gasteiger charge is 1.99. The molecule has 1 N–H and O–H groups in total. The molecule has 0 amide bonds. The maximum absolute atomic E-state index is 11.2. The van der Waals surface area contributed by atoms with Crippen LogP contribution in [-0.4, -0.2) is 30.6 Å². The highest BCUT2D eigenvalue weighted by atomic mass is 16.5. The lowest BCUT2D eigenvalue weighted by Gasteiger charge is -2.04. The number of aromatic nitrogens is 1. The maximum Gasteiger partial charge on any atom is 0.319 e. The Labute approximate surface area is 177 Å². The van der Waals surface area contributed by atoms with Gasteiger partial charge in [-0.2, -0.15) is 0 Å². The van der Waals surface area contributed by atoms with Crippen LogP contribution in [0.4, 0.5) is 0 Å². The first-order valence-electron chi connectivity index (χ1n) is 10.7. The Morgan fingerprint density at radius 3 is 2.31 bits per heavy atom. The molecule has 1 aromatic heterocycles. The molecule has 29 heavy (non-hydrogen) atoms. The first-order valence-corrected chi connectivity index (χ1v) is 10.7. The molecule has 160 valence electrons. The first kappa shape index (κ1) is 24.8. The Bertz CT molecular complexity index is 675. The van der Waals surface area contributed by atoms with Gasteiger partial charge < -0.3 is 10.1 Å². The van der Waals surface area contributed by atoms with E-state index in [-0.39, 0.29) is 12.5 Å². The fourth-order valence-electron chi connectivity index (χ4n) is 2.92. The summed E-state index contributed by atoms with van der Waals surface area (Å²) in [6.07, 6.45) is 17.1. The molecule has 4 nitrogen and oxygen atoms in total. The fourth-order valence-corrected chi connectivity index (χ4v) is 2.92. The average Bonchev–Trinajstić information content (AvgIpc) is 2.71. The van der Waals surface area contributed by atoms with Gasteiger partial charge in [0.2, 0.25) is 0 Å². The van der Waals surface area contributed by atoms with Gasteiger partial charge in [-0.1, -0.05) is 41.0 Å². The summed E-state index contributed by atoms with van der Waals surface area (Å²) in [6, 6.07) is 4.14. The van der Waals surface area contributed by atoms with Gasteiger partial charge in [-0.25, -0.2) is 0 Å². The van der Waals surface area contributed by atoms with Gasteiger partial charge in [-0.05, 0) is 77.8 Å². The molecule has 0 bridgehead atoms. The number of hydrogen-bond donors (Lipinski definition) is 1. The minimum Gasteiger partial charge on any atom is -0.465 e. The molecule has 0 saturated carbocycles. The Hall–Kier alpha value is -2.20. The summed E-state index contributed by atoms with van der Waals surface area (Å²) in [6.45, 7) is 9.81. The number of hydrogen-bond acceptors (Lipinski definition) is 4. The summed E-state index contributed by atoms with van der Waals surface area (Å²) < 4.78 is 4.88. The van der Waals surface area contributed by atoms with Crippen LogP contribution in [0.1, 0.15) is 65.4 Å². The average molecular weight is 399 g/mol. The van der Waals surface area contributed by atoms with Crippen molar-refractivity contribution in [1.29, 1.82) is 0 Å². The fraction of sp³-hybridized carbons (Fsp3) is 0.520. The van der Waals surface area contributed by atoms with Crippen molar-refractivity contribution in [2.24, 2.45) is 0 Å². The summed E-state index contributed by atoms with van der Waals surface area (Å²) in [4.78, 5) is 15.4. The summed E-state index contributed by atoms with van der Waals surface area (Å²) in [5.74, 6) is -0.196. The molecule has 0 spiro atoms. The molecule has 1 rings (SSSR count). The van der Waals surface area contributed by atoms with E-state index in [1.54, 1.807) is 0 Å². The highest BCUT2D eigenvalue weighted by molar-refractivity contribution is 5.71. The lowest BCUT2D eigenvalue weighted by molar-refractivity contribution is -0.141. The van der Waals surface area contributed by atoms with Gasteiger partial charge >= 0.3 is 5.97 Å². The maximum atomic E-state index is 11.2. The number of ether oxygens (including phenoxy) is 1. The number of nitrogens with zero attached hydrogens (tertiary/aromatic N) is 1. The predicted octanol–water partition coefficient (Wildman–Crippen LogP) is 5.57. The summed E-state index contributed by atoms with van der Waals surface area (Å²) in [5, 5.41) is 3.08. The van der Waals surface area contributed by atoms with Crippen molar-refractivity contribution >= 4 is 5.97 Å². The summed E-state index contributed by atoms with van der Waals surface area (Å²) >= 11 is 0. The van der Waals surface area contributed by atoms with E-state index in [0.29, 0.717) is 13.2 Å². The van der Waals surface area contributed by atoms with Crippen LogP contribution < -0.4 is 5.32 Å². The molecule has 0 aliphatic rings. The van der Waals surface area contributed by atoms with Crippen molar-refractivity contribution in [3.8, 4) is 0 Å². The van der Waals surface area contributed by atoms with Crippen LogP contribution in [0.15, 0.2) is 59.5 Å². The van der Waals surface area contributed by atoms with E-state index in [4.69, 9.17) is 4.74 Å². The molecule has 0 aliphatic heterocycles. The van der Waals surface area contributed by atoms with Gasteiger partial charge in [-0.15, -0.1) is 0 Å². The standard InChI is InChI=1S/C25H38N2O2/c1-5-29-25(28)20-27-18-16-23(4)12-7-10-21(2)9-6-11-22(3)14-15-24-13-8-17-26-19-24/h8,10-11,13,16-17,19,27H,5-7,9,12,14-15,18,20H2,1-4H3. The third-order valence-corrected chi connectivity index (χ3v) is 4.76. The second-order valence-electron chi connectivity index (χ2n) is 7.53. The van der Waals surface area contributed by atoms with Gasteiger partial charge in [0.25, 0.3) is 0 Å². The zero-order chi connectivity index (χ0) is 21.3. The van der Waals surface area contributed by atoms with Crippen molar-refractivity contribution in [2.75, 3.05) is 19.7 Å². The summed E-state index contributed by atoms with van der Waals surface area (Å²) in [7, 11) is 0. The molecule has 0 atom stereocenters. The van der Waals surface area contributed by atoms with Gasteiger partial charge in [0, 0.05) is 18.9 Å². The van der Waals surface area contributed by atoms with Crippen LogP contribution >= 0.6 is 0 Å². The number of carbonyl (C=O) groups excluding carboxylic acids is 1. The third-order valence-electron chi connectivity index (χ3n) is 4.76. The second kappa shape index (κ2) is 15.7. The zero-order valence-electron chi connectivity index (χ0n) is 18.7. The molecule has 1 aromatic rings. The monoisotopic (exact) mass is 398 g/mol. The van der Waals surface area contributed by atoms with E-state index in [1.165, 1.54) is 22.3 Å². The van der Waals surface area contributed by atoms with Crippen LogP contribution in [0.5, 0.6) is 0 Å². The van der Waals surface area contributed by atoms with Crippen LogP contribution in [0.2, 0.25) is 0 Å². The third kappa shape index (κ3) is 13.6. The number of allylic oxidation sites excluding steroid dienone is 5. The second-order valence-corrected chi connectivity index (χ2v) is 7.53. The molecule has 0 aromatic carbocycles. The minimum atomic E-state index is -0.196. The number of pyridine rings is 1. The van der Waals surface area contributed by atoms with Crippen molar-refractivity contribution in [1.82, 2.24) is 10.3 Å². The molecule has 0 saturated heterocycles. The van der Waals surface area contributed by atoms with Crippen molar-refractivity contribution < 1.29 is 9.53 Å². The Kier molecular flexibility index (Phi) is 13.4. The Balaban J connectivity index is 2.17. The molecule has 0 aliphatic carbocycles. The van der Waals surface area contributed by atoms with Gasteiger partial charge in [0.05, 0.1) is 13.2 Å². The zero-order valence-corrected chi connectivity index (χ0v) is 18.7. The highest BCUT2D eigenvalue weighted by Crippen LogP contribution is 2.13. The van der Waals surface area contributed by atoms with Crippen LogP contribution in [0.25, 0.3) is 0 Å². The van der Waals surface area contributed by atoms with Gasteiger partial charge in [0.15, 0.2) is 0 Å². The lowest BCUT2D eigenvalue weighted by Crippen LogP contribution is -2.24. The largest absolute Gasteiger partial charge is 0.465 e. The Morgan fingerprint density at radius 1 is 1.03 bits per heavy atom. The molecule has 0 radical (unpaired) electrons. The van der Waals surface area contributed by atoms with Crippen molar-refractivity contribution in [2.45, 2.75) is 66.2 Å². The smallest absolute Gasteiger partial charge is 0.319 e. The van der Waals surface area contributed by atoms with Crippen LogP contribution in [0, 0.1) is 0 Å². The molecular weight excluding hydrogens is 360 g/mol. The van der Waals surface area contributed by atoms with E-state index < -0.39 is 0 Å². The predicted molar refractivity (Wildman–Crippen MR) is 122 cm³/mol. The van der Waals surface area contributed by atoms with E-state index in [0.717, 1.165) is 38.5 Å². The van der Waals surface area contributed by atoms with Crippen LogP contribution in [0.3, 0.4) is 0 Å². The normalized spacial score (nSPS) is 12.9. The summed E-state index contributed by atoms with van der Waals surface area (Å²) in [5.41, 5.74) is 5.55. The van der Waals surface area contributed by atoms with E-state index in [1.807, 2.05) is 25.4 Å².